The van der Waals surface area contributed by atoms with E-state index in [-0.39, 0.29) is 0 Å². The van der Waals surface area contributed by atoms with Crippen molar-refractivity contribution in [1.82, 2.24) is 29.9 Å². The van der Waals surface area contributed by atoms with E-state index in [1.807, 2.05) is 72.8 Å². The van der Waals surface area contributed by atoms with Gasteiger partial charge in [0.15, 0.2) is 0 Å². The van der Waals surface area contributed by atoms with Crippen molar-refractivity contribution in [3.05, 3.63) is 195 Å². The van der Waals surface area contributed by atoms with Gasteiger partial charge in [-0.3, -0.25) is 19.9 Å². The van der Waals surface area contributed by atoms with Gasteiger partial charge in [-0.15, -0.1) is 0 Å². The molecule has 0 spiro atoms. The Morgan fingerprint density at radius 1 is 0.222 bits per heavy atom. The van der Waals surface area contributed by atoms with Crippen LogP contribution in [0, 0.1) is 0 Å². The zero-order valence-corrected chi connectivity index (χ0v) is 29.2. The van der Waals surface area contributed by atoms with Crippen LogP contribution in [0.3, 0.4) is 0 Å². The Morgan fingerprint density at radius 3 is 0.870 bits per heavy atom. The third-order valence-corrected chi connectivity index (χ3v) is 9.35. The highest BCUT2D eigenvalue weighted by Crippen LogP contribution is 2.37. The first-order valence-corrected chi connectivity index (χ1v) is 17.8. The molecule has 9 rings (SSSR count). The van der Waals surface area contributed by atoms with Crippen LogP contribution in [0.5, 0.6) is 0 Å². The molecular weight excluding hydrogens is 661 g/mol. The van der Waals surface area contributed by atoms with Crippen LogP contribution >= 0.6 is 0 Å². The molecule has 6 heteroatoms. The molecule has 254 valence electrons. The van der Waals surface area contributed by atoms with E-state index in [4.69, 9.17) is 9.97 Å². The smallest absolute Gasteiger partial charge is 0.0900 e. The summed E-state index contributed by atoms with van der Waals surface area (Å²) in [5.74, 6) is 0. The average Bonchev–Trinajstić information content (AvgIpc) is 3.27. The Labute approximate surface area is 313 Å². The molecule has 6 nitrogen and oxygen atoms in total. The zero-order valence-electron chi connectivity index (χ0n) is 29.2. The Morgan fingerprint density at radius 2 is 0.519 bits per heavy atom. The van der Waals surface area contributed by atoms with Crippen LogP contribution < -0.4 is 0 Å². The highest BCUT2D eigenvalue weighted by Gasteiger charge is 2.15. The predicted molar refractivity (Wildman–Crippen MR) is 217 cm³/mol. The lowest BCUT2D eigenvalue weighted by molar-refractivity contribution is 1.22. The van der Waals surface area contributed by atoms with Crippen molar-refractivity contribution in [2.45, 2.75) is 0 Å². The van der Waals surface area contributed by atoms with Crippen molar-refractivity contribution in [3.8, 4) is 90.1 Å². The van der Waals surface area contributed by atoms with Gasteiger partial charge >= 0.3 is 0 Å². The molecule has 9 aromatic rings. The summed E-state index contributed by atoms with van der Waals surface area (Å²) >= 11 is 0. The summed E-state index contributed by atoms with van der Waals surface area (Å²) in [6, 6.07) is 57.9. The minimum Gasteiger partial charge on any atom is -0.255 e. The topological polar surface area (TPSA) is 77.3 Å². The molecule has 0 fully saturated rings. The molecule has 0 radical (unpaired) electrons. The summed E-state index contributed by atoms with van der Waals surface area (Å²) in [5, 5.41) is 0. The number of hydrogen-bond donors (Lipinski definition) is 0. The van der Waals surface area contributed by atoms with Gasteiger partial charge in [-0.2, -0.15) is 0 Å². The molecular formula is C48H32N6. The standard InChI is InChI=1S/C48H32N6/c1-2-12-40(38-31-47(43-15-5-9-27-51-43)54-48(32-38)44-16-6-10-28-52-44)39(11-1)36-23-21-34(22-24-36)33-17-19-35(20-18-33)37-29-45(41-13-3-7-25-49-41)53-46(30-37)42-14-4-8-26-50-42/h1-32H. The maximum atomic E-state index is 4.97. The minimum atomic E-state index is 0.801. The van der Waals surface area contributed by atoms with Crippen molar-refractivity contribution in [1.29, 1.82) is 0 Å². The molecule has 0 saturated carbocycles. The Hall–Kier alpha value is -7.44. The second-order valence-electron chi connectivity index (χ2n) is 12.8. The van der Waals surface area contributed by atoms with E-state index >= 15 is 0 Å². The van der Waals surface area contributed by atoms with Crippen LogP contribution in [0.2, 0.25) is 0 Å². The number of rotatable bonds is 8. The first-order chi connectivity index (χ1) is 26.7. The summed E-state index contributed by atoms with van der Waals surface area (Å²) in [6.07, 6.45) is 7.18. The zero-order chi connectivity index (χ0) is 36.1. The Bertz CT molecular complexity index is 2550. The lowest BCUT2D eigenvalue weighted by Crippen LogP contribution is -1.94. The van der Waals surface area contributed by atoms with E-state index in [9.17, 15) is 0 Å². The largest absolute Gasteiger partial charge is 0.255 e. The third-order valence-electron chi connectivity index (χ3n) is 9.35. The Balaban J connectivity index is 1.04. The van der Waals surface area contributed by atoms with Gasteiger partial charge in [-0.25, -0.2) is 9.97 Å². The van der Waals surface area contributed by atoms with E-state index in [2.05, 4.69) is 117 Å². The molecule has 0 atom stereocenters. The SMILES string of the molecule is c1ccc(-c2cc(-c3ccc(-c4ccc(-c5ccccc5-c5cc(-c6ccccn6)nc(-c6ccccn6)c5)cc4)cc3)cc(-c3ccccn3)n2)nc1. The van der Waals surface area contributed by atoms with Crippen molar-refractivity contribution in [3.63, 3.8) is 0 Å². The van der Waals surface area contributed by atoms with Crippen molar-refractivity contribution < 1.29 is 0 Å². The first kappa shape index (κ1) is 32.5. The van der Waals surface area contributed by atoms with Crippen molar-refractivity contribution in [2.24, 2.45) is 0 Å². The molecule has 0 unspecified atom stereocenters. The van der Waals surface area contributed by atoms with E-state index < -0.39 is 0 Å². The molecule has 0 N–H and O–H groups in total. The summed E-state index contributed by atoms with van der Waals surface area (Å²) in [4.78, 5) is 28.2. The van der Waals surface area contributed by atoms with E-state index in [0.29, 0.717) is 0 Å². The number of aromatic nitrogens is 6. The summed E-state index contributed by atoms with van der Waals surface area (Å²) in [7, 11) is 0. The molecule has 54 heavy (non-hydrogen) atoms. The van der Waals surface area contributed by atoms with Gasteiger partial charge in [0.2, 0.25) is 0 Å². The molecule has 0 aliphatic carbocycles. The van der Waals surface area contributed by atoms with Crippen LogP contribution in [0.25, 0.3) is 90.1 Å². The van der Waals surface area contributed by atoms with Gasteiger partial charge in [0.1, 0.15) is 0 Å². The highest BCUT2D eigenvalue weighted by molar-refractivity contribution is 5.87. The van der Waals surface area contributed by atoms with Crippen LogP contribution in [0.15, 0.2) is 195 Å². The van der Waals surface area contributed by atoms with E-state index in [1.165, 1.54) is 0 Å². The lowest BCUT2D eigenvalue weighted by atomic mass is 9.92. The third kappa shape index (κ3) is 6.79. The second kappa shape index (κ2) is 14.7. The number of hydrogen-bond acceptors (Lipinski definition) is 6. The molecule has 0 bridgehead atoms. The molecule has 0 amide bonds. The van der Waals surface area contributed by atoms with Crippen LogP contribution in [-0.4, -0.2) is 29.9 Å². The molecule has 3 aromatic carbocycles. The molecule has 0 aliphatic rings. The van der Waals surface area contributed by atoms with Gasteiger partial charge in [0.25, 0.3) is 0 Å². The Kier molecular flexibility index (Phi) is 8.81. The number of nitrogens with zero attached hydrogens (tertiary/aromatic N) is 6. The molecule has 0 aliphatic heterocycles. The predicted octanol–water partition coefficient (Wildman–Crippen LogP) is 11.4. The van der Waals surface area contributed by atoms with Gasteiger partial charge in [0.05, 0.1) is 45.6 Å². The van der Waals surface area contributed by atoms with Gasteiger partial charge < -0.3 is 0 Å². The van der Waals surface area contributed by atoms with Gasteiger partial charge in [-0.05, 0) is 117 Å². The van der Waals surface area contributed by atoms with Crippen molar-refractivity contribution >= 4 is 0 Å². The maximum Gasteiger partial charge on any atom is 0.0900 e. The lowest BCUT2D eigenvalue weighted by Gasteiger charge is -2.14. The summed E-state index contributed by atoms with van der Waals surface area (Å²) in [6.45, 7) is 0. The van der Waals surface area contributed by atoms with Gasteiger partial charge in [-0.1, -0.05) is 97.1 Å². The second-order valence-corrected chi connectivity index (χ2v) is 12.8. The first-order valence-electron chi connectivity index (χ1n) is 17.8. The number of pyridine rings is 6. The average molecular weight is 693 g/mol. The fraction of sp³-hybridized carbons (Fsp3) is 0. The minimum absolute atomic E-state index is 0.801. The fourth-order valence-electron chi connectivity index (χ4n) is 6.65. The van der Waals surface area contributed by atoms with Crippen LogP contribution in [-0.2, 0) is 0 Å². The number of benzene rings is 3. The normalized spacial score (nSPS) is 11.0. The quantitative estimate of drug-likeness (QED) is 0.158. The summed E-state index contributed by atoms with van der Waals surface area (Å²) in [5.41, 5.74) is 15.3. The monoisotopic (exact) mass is 692 g/mol. The molecule has 6 aromatic heterocycles. The van der Waals surface area contributed by atoms with E-state index in [1.54, 1.807) is 24.8 Å². The fourth-order valence-corrected chi connectivity index (χ4v) is 6.65. The van der Waals surface area contributed by atoms with Gasteiger partial charge in [0, 0.05) is 24.8 Å². The van der Waals surface area contributed by atoms with Crippen molar-refractivity contribution in [2.75, 3.05) is 0 Å². The maximum absolute atomic E-state index is 4.97. The van der Waals surface area contributed by atoms with Crippen LogP contribution in [0.1, 0.15) is 0 Å². The van der Waals surface area contributed by atoms with Crippen LogP contribution in [0.4, 0.5) is 0 Å². The van der Waals surface area contributed by atoms with E-state index in [0.717, 1.165) is 90.1 Å². The molecule has 6 heterocycles. The molecule has 0 saturated heterocycles. The summed E-state index contributed by atoms with van der Waals surface area (Å²) < 4.78 is 0. The highest BCUT2D eigenvalue weighted by atomic mass is 14.8.